The van der Waals surface area contributed by atoms with Crippen LogP contribution in [0.1, 0.15) is 47.6 Å². The molecule has 2 saturated heterocycles. The van der Waals surface area contributed by atoms with Crippen molar-refractivity contribution in [3.8, 4) is 0 Å². The molecule has 1 amide bonds. The summed E-state index contributed by atoms with van der Waals surface area (Å²) in [5.74, 6) is 0.00147. The topological polar surface area (TPSA) is 55.8 Å². The Hall–Kier alpha value is -2.37. The maximum absolute atomic E-state index is 13.0. The molecule has 2 aromatic rings. The molecule has 0 radical (unpaired) electrons. The maximum atomic E-state index is 13.0. The monoisotopic (exact) mass is 391 g/mol. The maximum Gasteiger partial charge on any atom is 0.251 e. The number of aliphatic hydroxyl groups is 1. The van der Waals surface area contributed by atoms with Crippen LogP contribution < -0.4 is 10.2 Å². The first-order valence-electron chi connectivity index (χ1n) is 10.8. The number of hydrogen-bond acceptors (Lipinski definition) is 4. The van der Waals surface area contributed by atoms with E-state index >= 15 is 0 Å². The molecule has 2 heterocycles. The lowest BCUT2D eigenvalue weighted by molar-refractivity contribution is 0.0923. The van der Waals surface area contributed by atoms with Crippen molar-refractivity contribution in [1.29, 1.82) is 0 Å². The van der Waals surface area contributed by atoms with Crippen molar-refractivity contribution in [1.82, 2.24) is 10.2 Å². The Morgan fingerprint density at radius 3 is 2.34 bits per heavy atom. The van der Waals surface area contributed by atoms with Crippen molar-refractivity contribution in [2.45, 2.75) is 49.9 Å². The number of nitrogens with one attached hydrogen (secondary N) is 1. The van der Waals surface area contributed by atoms with E-state index in [4.69, 9.17) is 0 Å². The molecule has 1 saturated carbocycles. The summed E-state index contributed by atoms with van der Waals surface area (Å²) in [5.41, 5.74) is 3.07. The highest BCUT2D eigenvalue weighted by molar-refractivity contribution is 5.94. The molecule has 3 fully saturated rings. The summed E-state index contributed by atoms with van der Waals surface area (Å²) in [7, 11) is 0. The lowest BCUT2D eigenvalue weighted by Crippen LogP contribution is -2.40. The van der Waals surface area contributed by atoms with Crippen LogP contribution in [-0.2, 0) is 0 Å². The van der Waals surface area contributed by atoms with E-state index in [0.29, 0.717) is 18.2 Å². The first-order chi connectivity index (χ1) is 14.2. The second-order valence-corrected chi connectivity index (χ2v) is 8.63. The number of aliphatic hydroxyl groups excluding tert-OH is 1. The van der Waals surface area contributed by atoms with E-state index in [1.54, 1.807) is 0 Å². The van der Waals surface area contributed by atoms with Gasteiger partial charge in [-0.1, -0.05) is 30.3 Å². The highest BCUT2D eigenvalue weighted by Gasteiger charge is 2.43. The molecule has 5 rings (SSSR count). The Bertz CT molecular complexity index is 850. The first kappa shape index (κ1) is 18.6. The smallest absolute Gasteiger partial charge is 0.251 e. The quantitative estimate of drug-likeness (QED) is 0.823. The average Bonchev–Trinajstić information content (AvgIpc) is 3.37. The van der Waals surface area contributed by atoms with Gasteiger partial charge in [0.2, 0.25) is 0 Å². The van der Waals surface area contributed by atoms with Gasteiger partial charge >= 0.3 is 0 Å². The van der Waals surface area contributed by atoms with E-state index in [1.165, 1.54) is 18.4 Å². The summed E-state index contributed by atoms with van der Waals surface area (Å²) in [6.45, 7) is 2.58. The Labute approximate surface area is 172 Å². The minimum atomic E-state index is -0.246. The lowest BCUT2D eigenvalue weighted by Gasteiger charge is -2.29. The summed E-state index contributed by atoms with van der Waals surface area (Å²) in [4.78, 5) is 17.7. The molecule has 1 aliphatic carbocycles. The third kappa shape index (κ3) is 3.89. The van der Waals surface area contributed by atoms with Gasteiger partial charge in [0, 0.05) is 36.9 Å². The molecule has 5 nitrogen and oxygen atoms in total. The average molecular weight is 392 g/mol. The fraction of sp³-hybridized carbons (Fsp3) is 0.458. The van der Waals surface area contributed by atoms with E-state index in [1.807, 2.05) is 24.3 Å². The molecule has 2 aromatic carbocycles. The first-order valence-corrected chi connectivity index (χ1v) is 10.8. The fourth-order valence-corrected chi connectivity index (χ4v) is 4.91. The van der Waals surface area contributed by atoms with Crippen LogP contribution in [0.4, 0.5) is 5.69 Å². The standard InChI is InChI=1S/C24H29N3O2/c28-21-12-14-26(16-21)19-8-6-18(7-9-19)24(29)25-22-13-15-27(20-10-11-20)23(22)17-4-2-1-3-5-17/h1-9,20-23,28H,10-16H2,(H,25,29)/t21?,22-,23+/m1/s1. The van der Waals surface area contributed by atoms with Crippen LogP contribution in [0.25, 0.3) is 0 Å². The zero-order valence-electron chi connectivity index (χ0n) is 16.7. The van der Waals surface area contributed by atoms with Gasteiger partial charge in [0.25, 0.3) is 5.91 Å². The number of amides is 1. The van der Waals surface area contributed by atoms with Gasteiger partial charge in [-0.2, -0.15) is 0 Å². The molecule has 0 spiro atoms. The lowest BCUT2D eigenvalue weighted by atomic mass is 9.99. The van der Waals surface area contributed by atoms with Gasteiger partial charge in [-0.3, -0.25) is 9.69 Å². The largest absolute Gasteiger partial charge is 0.391 e. The van der Waals surface area contributed by atoms with Gasteiger partial charge in [-0.05, 0) is 55.5 Å². The number of carbonyl (C=O) groups is 1. The normalized spacial score (nSPS) is 27.3. The summed E-state index contributed by atoms with van der Waals surface area (Å²) < 4.78 is 0. The molecular formula is C24H29N3O2. The van der Waals surface area contributed by atoms with Crippen LogP contribution in [-0.4, -0.2) is 53.7 Å². The van der Waals surface area contributed by atoms with Crippen LogP contribution >= 0.6 is 0 Å². The van der Waals surface area contributed by atoms with Gasteiger partial charge in [0.15, 0.2) is 0 Å². The number of nitrogens with zero attached hydrogens (tertiary/aromatic N) is 2. The number of carbonyl (C=O) groups excluding carboxylic acids is 1. The summed E-state index contributed by atoms with van der Waals surface area (Å²) in [6.07, 6.45) is 4.10. The van der Waals surface area contributed by atoms with Crippen molar-refractivity contribution in [3.63, 3.8) is 0 Å². The molecule has 2 aliphatic heterocycles. The van der Waals surface area contributed by atoms with Gasteiger partial charge in [-0.25, -0.2) is 0 Å². The van der Waals surface area contributed by atoms with Crippen LogP contribution in [0.15, 0.2) is 54.6 Å². The van der Waals surface area contributed by atoms with E-state index in [0.717, 1.165) is 31.6 Å². The molecule has 5 heteroatoms. The highest BCUT2D eigenvalue weighted by Crippen LogP contribution is 2.41. The van der Waals surface area contributed by atoms with E-state index in [2.05, 4.69) is 45.4 Å². The van der Waals surface area contributed by atoms with E-state index < -0.39 is 0 Å². The van der Waals surface area contributed by atoms with Crippen LogP contribution in [0.2, 0.25) is 0 Å². The third-order valence-electron chi connectivity index (χ3n) is 6.57. The Balaban J connectivity index is 1.29. The third-order valence-corrected chi connectivity index (χ3v) is 6.57. The fourth-order valence-electron chi connectivity index (χ4n) is 4.91. The van der Waals surface area contributed by atoms with E-state index in [9.17, 15) is 9.90 Å². The summed E-state index contributed by atoms with van der Waals surface area (Å²) in [6, 6.07) is 19.5. The Morgan fingerprint density at radius 2 is 1.69 bits per heavy atom. The molecule has 0 bridgehead atoms. The number of likely N-dealkylation sites (tertiary alicyclic amines) is 1. The van der Waals surface area contributed by atoms with Gasteiger partial charge < -0.3 is 15.3 Å². The van der Waals surface area contributed by atoms with Gasteiger partial charge in [0.1, 0.15) is 0 Å². The molecular weight excluding hydrogens is 362 g/mol. The van der Waals surface area contributed by atoms with Crippen molar-refractivity contribution in [2.75, 3.05) is 24.5 Å². The van der Waals surface area contributed by atoms with Crippen LogP contribution in [0.3, 0.4) is 0 Å². The summed E-state index contributed by atoms with van der Waals surface area (Å²) >= 11 is 0. The minimum absolute atomic E-state index is 0.00147. The highest BCUT2D eigenvalue weighted by atomic mass is 16.3. The summed E-state index contributed by atoms with van der Waals surface area (Å²) in [5, 5.41) is 13.1. The zero-order valence-corrected chi connectivity index (χ0v) is 16.7. The minimum Gasteiger partial charge on any atom is -0.391 e. The number of rotatable bonds is 5. The number of hydrogen-bond donors (Lipinski definition) is 2. The molecule has 2 N–H and O–H groups in total. The molecule has 1 unspecified atom stereocenters. The molecule has 152 valence electrons. The molecule has 3 atom stereocenters. The van der Waals surface area contributed by atoms with Crippen molar-refractivity contribution in [3.05, 3.63) is 65.7 Å². The number of β-amino-alcohol motifs (C(OH)–C–C–N with tert-alkyl or cyclic N) is 1. The van der Waals surface area contributed by atoms with Crippen molar-refractivity contribution < 1.29 is 9.90 Å². The van der Waals surface area contributed by atoms with Gasteiger partial charge in [-0.15, -0.1) is 0 Å². The van der Waals surface area contributed by atoms with Crippen LogP contribution in [0, 0.1) is 0 Å². The predicted molar refractivity (Wildman–Crippen MR) is 114 cm³/mol. The van der Waals surface area contributed by atoms with Crippen molar-refractivity contribution >= 4 is 11.6 Å². The van der Waals surface area contributed by atoms with Crippen molar-refractivity contribution in [2.24, 2.45) is 0 Å². The second kappa shape index (κ2) is 7.81. The van der Waals surface area contributed by atoms with Gasteiger partial charge in [0.05, 0.1) is 18.2 Å². The predicted octanol–water partition coefficient (Wildman–Crippen LogP) is 2.97. The van der Waals surface area contributed by atoms with E-state index in [-0.39, 0.29) is 24.1 Å². The molecule has 0 aromatic heterocycles. The second-order valence-electron chi connectivity index (χ2n) is 8.63. The Morgan fingerprint density at radius 1 is 0.931 bits per heavy atom. The molecule has 3 aliphatic rings. The van der Waals surface area contributed by atoms with Crippen LogP contribution in [0.5, 0.6) is 0 Å². The molecule has 29 heavy (non-hydrogen) atoms. The number of benzene rings is 2. The zero-order chi connectivity index (χ0) is 19.8. The number of anilines is 1. The Kier molecular flexibility index (Phi) is 5.02. The SMILES string of the molecule is O=C(N[C@@H]1CCN(C2CC2)[C@H]1c1ccccc1)c1ccc(N2CCC(O)C2)cc1.